The third kappa shape index (κ3) is 3.17. The van der Waals surface area contributed by atoms with Gasteiger partial charge < -0.3 is 14.6 Å². The van der Waals surface area contributed by atoms with Crippen molar-refractivity contribution < 1.29 is 14.6 Å². The summed E-state index contributed by atoms with van der Waals surface area (Å²) in [7, 11) is 1.38. The molecule has 2 N–H and O–H groups in total. The van der Waals surface area contributed by atoms with Crippen LogP contribution in [0.3, 0.4) is 0 Å². The van der Waals surface area contributed by atoms with Gasteiger partial charge in [0.1, 0.15) is 0 Å². The Hall–Kier alpha value is -1.20. The molecule has 1 rings (SSSR count). The molecular formula is C13H19NO3S. The Labute approximate surface area is 112 Å². The molecule has 18 heavy (non-hydrogen) atoms. The van der Waals surface area contributed by atoms with Crippen molar-refractivity contribution in [1.29, 1.82) is 0 Å². The second-order valence-electron chi connectivity index (χ2n) is 4.03. The minimum Gasteiger partial charge on any atom is -0.469 e. The van der Waals surface area contributed by atoms with Crippen molar-refractivity contribution in [3.05, 3.63) is 28.3 Å². The summed E-state index contributed by atoms with van der Waals surface area (Å²) in [5.41, 5.74) is 4.65. The zero-order valence-corrected chi connectivity index (χ0v) is 12.0. The summed E-state index contributed by atoms with van der Waals surface area (Å²) in [6, 6.07) is 1.92. The topological polar surface area (TPSA) is 58.6 Å². The first-order chi connectivity index (χ1) is 8.54. The Kier molecular flexibility index (Phi) is 5.50. The van der Waals surface area contributed by atoms with Gasteiger partial charge in [-0.3, -0.25) is 4.79 Å². The number of benzene rings is 1. The van der Waals surface area contributed by atoms with Gasteiger partial charge in [0, 0.05) is 11.9 Å². The standard InChI is InChI=1S/C13H19NO3S/c1-8-10(7-15)5-12(14-18-4)9(2)11(8)6-13(16)17-3/h5,14-15H,6-7H2,1-4H3. The first kappa shape index (κ1) is 14.9. The number of carbonyl (C=O) groups excluding carboxylic acids is 1. The summed E-state index contributed by atoms with van der Waals surface area (Å²) in [5, 5.41) is 9.37. The van der Waals surface area contributed by atoms with Gasteiger partial charge in [0.05, 0.1) is 20.1 Å². The lowest BCUT2D eigenvalue weighted by Crippen LogP contribution is -2.10. The van der Waals surface area contributed by atoms with E-state index in [1.54, 1.807) is 0 Å². The fourth-order valence-electron chi connectivity index (χ4n) is 1.89. The fourth-order valence-corrected chi connectivity index (χ4v) is 2.32. The lowest BCUT2D eigenvalue weighted by atomic mass is 9.94. The molecule has 0 radical (unpaired) electrons. The molecule has 0 heterocycles. The summed E-state index contributed by atoms with van der Waals surface area (Å²) >= 11 is 1.48. The van der Waals surface area contributed by atoms with Crippen molar-refractivity contribution in [1.82, 2.24) is 0 Å². The molecule has 0 saturated heterocycles. The minimum absolute atomic E-state index is 0.0383. The minimum atomic E-state index is -0.272. The van der Waals surface area contributed by atoms with E-state index in [1.807, 2.05) is 26.2 Å². The van der Waals surface area contributed by atoms with Crippen LogP contribution in [0.15, 0.2) is 6.07 Å². The summed E-state index contributed by atoms with van der Waals surface area (Å²) in [5.74, 6) is -0.272. The van der Waals surface area contributed by atoms with E-state index in [2.05, 4.69) is 4.72 Å². The van der Waals surface area contributed by atoms with E-state index >= 15 is 0 Å². The van der Waals surface area contributed by atoms with Crippen LogP contribution in [0.4, 0.5) is 5.69 Å². The van der Waals surface area contributed by atoms with E-state index in [-0.39, 0.29) is 19.0 Å². The maximum Gasteiger partial charge on any atom is 0.309 e. The van der Waals surface area contributed by atoms with Gasteiger partial charge in [0.25, 0.3) is 0 Å². The quantitative estimate of drug-likeness (QED) is 0.634. The predicted molar refractivity (Wildman–Crippen MR) is 74.7 cm³/mol. The number of rotatable bonds is 5. The van der Waals surface area contributed by atoms with Gasteiger partial charge in [-0.1, -0.05) is 11.9 Å². The van der Waals surface area contributed by atoms with Crippen LogP contribution in [0, 0.1) is 13.8 Å². The number of carbonyl (C=O) groups is 1. The van der Waals surface area contributed by atoms with Gasteiger partial charge in [0.2, 0.25) is 0 Å². The van der Waals surface area contributed by atoms with E-state index in [1.165, 1.54) is 19.1 Å². The predicted octanol–water partition coefficient (Wildman–Crippen LogP) is 2.20. The highest BCUT2D eigenvalue weighted by molar-refractivity contribution is 7.99. The van der Waals surface area contributed by atoms with E-state index in [4.69, 9.17) is 4.74 Å². The Morgan fingerprint density at radius 2 is 2.11 bits per heavy atom. The first-order valence-electron chi connectivity index (χ1n) is 5.63. The number of methoxy groups -OCH3 is 1. The van der Waals surface area contributed by atoms with Gasteiger partial charge >= 0.3 is 5.97 Å². The number of aliphatic hydroxyl groups excluding tert-OH is 1. The van der Waals surface area contributed by atoms with Crippen molar-refractivity contribution >= 4 is 23.6 Å². The zero-order valence-electron chi connectivity index (χ0n) is 11.2. The number of hydrogen-bond donors (Lipinski definition) is 2. The highest BCUT2D eigenvalue weighted by atomic mass is 32.2. The van der Waals surface area contributed by atoms with Crippen LogP contribution in [0.25, 0.3) is 0 Å². The van der Waals surface area contributed by atoms with Gasteiger partial charge in [-0.05, 0) is 42.2 Å². The maximum absolute atomic E-state index is 11.4. The average molecular weight is 269 g/mol. The third-order valence-electron chi connectivity index (χ3n) is 3.04. The van der Waals surface area contributed by atoms with Gasteiger partial charge in [0.15, 0.2) is 0 Å². The molecule has 1 aromatic carbocycles. The third-order valence-corrected chi connectivity index (χ3v) is 3.46. The molecule has 0 aromatic heterocycles. The van der Waals surface area contributed by atoms with E-state index < -0.39 is 0 Å². The summed E-state index contributed by atoms with van der Waals surface area (Å²) in [6.07, 6.45) is 2.16. The van der Waals surface area contributed by atoms with Gasteiger partial charge in [-0.15, -0.1) is 0 Å². The average Bonchev–Trinajstić information content (AvgIpc) is 2.37. The van der Waals surface area contributed by atoms with Crippen LogP contribution < -0.4 is 4.72 Å². The zero-order chi connectivity index (χ0) is 13.7. The molecule has 100 valence electrons. The number of nitrogens with one attached hydrogen (secondary N) is 1. The first-order valence-corrected chi connectivity index (χ1v) is 6.86. The molecule has 0 unspecified atom stereocenters. The monoisotopic (exact) mass is 269 g/mol. The van der Waals surface area contributed by atoms with Crippen LogP contribution in [0.5, 0.6) is 0 Å². The van der Waals surface area contributed by atoms with Gasteiger partial charge in [-0.25, -0.2) is 0 Å². The smallest absolute Gasteiger partial charge is 0.309 e. The molecule has 0 bridgehead atoms. The van der Waals surface area contributed by atoms with Crippen LogP contribution in [-0.4, -0.2) is 24.4 Å². The normalized spacial score (nSPS) is 10.3. The van der Waals surface area contributed by atoms with Crippen molar-refractivity contribution in [2.75, 3.05) is 18.1 Å². The highest BCUT2D eigenvalue weighted by Gasteiger charge is 2.15. The highest BCUT2D eigenvalue weighted by Crippen LogP contribution is 2.28. The van der Waals surface area contributed by atoms with Crippen molar-refractivity contribution in [3.63, 3.8) is 0 Å². The molecule has 0 amide bonds. The molecule has 0 saturated carbocycles. The van der Waals surface area contributed by atoms with Crippen LogP contribution in [0.1, 0.15) is 22.3 Å². The Morgan fingerprint density at radius 3 is 2.61 bits per heavy atom. The van der Waals surface area contributed by atoms with Crippen LogP contribution in [0.2, 0.25) is 0 Å². The summed E-state index contributed by atoms with van der Waals surface area (Å²) in [6.45, 7) is 3.84. The SMILES string of the molecule is COC(=O)Cc1c(C)c(CO)cc(NSC)c1C. The van der Waals surface area contributed by atoms with Crippen molar-refractivity contribution in [2.24, 2.45) is 0 Å². The Bertz CT molecular complexity index is 446. The molecule has 0 aliphatic rings. The van der Waals surface area contributed by atoms with E-state index in [9.17, 15) is 9.90 Å². The lowest BCUT2D eigenvalue weighted by molar-refractivity contribution is -0.139. The van der Waals surface area contributed by atoms with E-state index in [0.717, 1.165) is 27.9 Å². The molecule has 0 spiro atoms. The summed E-state index contributed by atoms with van der Waals surface area (Å²) < 4.78 is 7.87. The fraction of sp³-hybridized carbons (Fsp3) is 0.462. The number of aliphatic hydroxyl groups is 1. The molecule has 0 aliphatic heterocycles. The molecule has 0 fully saturated rings. The van der Waals surface area contributed by atoms with Crippen LogP contribution >= 0.6 is 11.9 Å². The maximum atomic E-state index is 11.4. The van der Waals surface area contributed by atoms with Crippen molar-refractivity contribution in [3.8, 4) is 0 Å². The Balaban J connectivity index is 3.27. The molecule has 5 heteroatoms. The van der Waals surface area contributed by atoms with Gasteiger partial charge in [-0.2, -0.15) is 0 Å². The second-order valence-corrected chi connectivity index (χ2v) is 4.64. The molecule has 4 nitrogen and oxygen atoms in total. The molecular weight excluding hydrogens is 250 g/mol. The van der Waals surface area contributed by atoms with E-state index in [0.29, 0.717) is 0 Å². The number of hydrogen-bond acceptors (Lipinski definition) is 5. The molecule has 0 aliphatic carbocycles. The Morgan fingerprint density at radius 1 is 1.44 bits per heavy atom. The number of esters is 1. The van der Waals surface area contributed by atoms with Crippen LogP contribution in [-0.2, 0) is 22.6 Å². The second kappa shape index (κ2) is 6.66. The number of ether oxygens (including phenoxy) is 1. The summed E-state index contributed by atoms with van der Waals surface area (Å²) in [4.78, 5) is 11.4. The van der Waals surface area contributed by atoms with Crippen molar-refractivity contribution in [2.45, 2.75) is 26.9 Å². The molecule has 0 atom stereocenters. The molecule has 1 aromatic rings. The number of anilines is 1. The largest absolute Gasteiger partial charge is 0.469 e. The lowest BCUT2D eigenvalue weighted by Gasteiger charge is -2.17.